The molecule has 6 heteroatoms. The molecule has 0 amide bonds. The average molecular weight is 1110 g/mol. The predicted molar refractivity (Wildman–Crippen MR) is 290 cm³/mol. The van der Waals surface area contributed by atoms with Crippen LogP contribution in [0.15, 0.2) is 158 Å². The molecular weight excluding hydrogens is 1050 g/mol. The van der Waals surface area contributed by atoms with E-state index in [0.717, 1.165) is 68.5 Å². The standard InChI is InChI=1S/C65H62N4O.Pt/c1-63(2,3)46-34-35-66-61(39-46)69-57-27-16-14-23-53(57)54-33-32-50(41-60(54)69)70-49-31-30-44-22-13-15-26-56(55(44)40-49)67-42-68(59-29-18-17-28-58(59)67)62-51(43-20-11-10-12-21-43)24-19-25-52(62)45-36-47(64(4,5)6)38-48(37-45)65(7,8)9;/h10-12,14,16-21,23-25,27-39,56H,13,15,22,26H2,1-9H3;/q-2;/i14D,16D,23D,27D;. The number of nitrogens with zero attached hydrogens (tertiary/aromatic N) is 4. The first-order valence-corrected chi connectivity index (χ1v) is 26.0. The molecule has 5 nitrogen and oxygen atoms in total. The number of pyridine rings is 1. The van der Waals surface area contributed by atoms with E-state index in [4.69, 9.17) is 15.2 Å². The molecule has 71 heavy (non-hydrogen) atoms. The fourth-order valence-corrected chi connectivity index (χ4v) is 11.5. The van der Waals surface area contributed by atoms with Crippen molar-refractivity contribution >= 4 is 32.8 Å². The zero-order chi connectivity index (χ0) is 52.9. The summed E-state index contributed by atoms with van der Waals surface area (Å²) >= 11 is 2.58. The van der Waals surface area contributed by atoms with E-state index in [1.165, 1.54) is 27.8 Å². The molecule has 0 bridgehead atoms. The number of aryl methyl sites for hydroxylation is 1. The normalized spacial score (nSPS) is 15.3. The molecule has 3 heterocycles. The van der Waals surface area contributed by atoms with E-state index in [-0.39, 0.29) is 46.5 Å². The summed E-state index contributed by atoms with van der Waals surface area (Å²) in [5.74, 6) is 1.53. The molecule has 10 aromatic rings. The fraction of sp³-hybridized carbons (Fsp3) is 0.262. The van der Waals surface area contributed by atoms with E-state index in [1.807, 2.05) is 34.9 Å². The number of fused-ring (bicyclic) bond motifs is 5. The van der Waals surface area contributed by atoms with Gasteiger partial charge in [0.2, 0.25) is 0 Å². The third-order valence-corrected chi connectivity index (χ3v) is 15.3. The van der Waals surface area contributed by atoms with E-state index >= 15 is 0 Å². The number of hydrogen-bond donors (Lipinski definition) is 0. The summed E-state index contributed by atoms with van der Waals surface area (Å²) in [5, 5.41) is 1.05. The first-order chi connectivity index (χ1) is 35.7. The third kappa shape index (κ3) is 8.65. The van der Waals surface area contributed by atoms with Crippen LogP contribution in [0.5, 0.6) is 11.5 Å². The van der Waals surface area contributed by atoms with Gasteiger partial charge in [-0.3, -0.25) is 0 Å². The minimum absolute atomic E-state index is 0.0593. The molecule has 0 fully saturated rings. The third-order valence-electron chi connectivity index (χ3n) is 14.3. The zero-order valence-corrected chi connectivity index (χ0v) is 44.4. The van der Waals surface area contributed by atoms with E-state index < -0.39 is 0 Å². The summed E-state index contributed by atoms with van der Waals surface area (Å²) < 4.78 is 50.2. The van der Waals surface area contributed by atoms with Gasteiger partial charge in [0.1, 0.15) is 0 Å². The molecule has 0 N–H and O–H groups in total. The number of ether oxygens (including phenoxy) is 1. The van der Waals surface area contributed by atoms with E-state index in [1.54, 1.807) is 6.20 Å². The van der Waals surface area contributed by atoms with Crippen molar-refractivity contribution in [2.24, 2.45) is 0 Å². The minimum Gasteiger partial charge on any atom is -0.239 e. The SMILES string of the molecule is [2H]c1c([2H])c([2H])c2c(c1[2H])c1ccc(Oc3[c-]c4c(cc3)CCCCC4n3[c](=[Pt])n(-c4c(-c5ccccc5)cccc4-c4cc(C(C)(C)C)cc(C(C)(C)C)c4)c4ccccc43)[c-]c1n2-c1cc(C(C)(C)C)ccn1. The molecule has 360 valence electrons. The van der Waals surface area contributed by atoms with Gasteiger partial charge in [-0.05, 0) is 29.2 Å². The number of aromatic nitrogens is 4. The Morgan fingerprint density at radius 2 is 1.27 bits per heavy atom. The van der Waals surface area contributed by atoms with Crippen molar-refractivity contribution in [2.75, 3.05) is 0 Å². The van der Waals surface area contributed by atoms with Crippen molar-refractivity contribution in [1.82, 2.24) is 18.7 Å². The Balaban J connectivity index is 1.08. The molecule has 0 radical (unpaired) electrons. The summed E-state index contributed by atoms with van der Waals surface area (Å²) in [4.78, 5) is 4.78. The second kappa shape index (κ2) is 17.9. The van der Waals surface area contributed by atoms with Crippen molar-refractivity contribution in [2.45, 2.75) is 110 Å². The maximum absolute atomic E-state index is 9.13. The summed E-state index contributed by atoms with van der Waals surface area (Å²) in [5.41, 5.74) is 14.7. The van der Waals surface area contributed by atoms with Crippen LogP contribution in [0.3, 0.4) is 0 Å². The molecule has 1 aliphatic rings. The molecule has 0 spiro atoms. The van der Waals surface area contributed by atoms with Crippen LogP contribution in [0, 0.1) is 15.9 Å². The van der Waals surface area contributed by atoms with Gasteiger partial charge in [0.05, 0.1) is 5.48 Å². The van der Waals surface area contributed by atoms with Gasteiger partial charge in [-0.1, -0.05) is 38.9 Å². The minimum atomic E-state index is -0.300. The van der Waals surface area contributed by atoms with Crippen LogP contribution in [-0.4, -0.2) is 18.7 Å². The fourth-order valence-electron chi connectivity index (χ4n) is 10.3. The van der Waals surface area contributed by atoms with Crippen LogP contribution >= 0.6 is 0 Å². The van der Waals surface area contributed by atoms with E-state index in [2.05, 4.69) is 200 Å². The van der Waals surface area contributed by atoms with Crippen molar-refractivity contribution in [3.05, 3.63) is 202 Å². The Hall–Kier alpha value is -6.55. The van der Waals surface area contributed by atoms with Crippen LogP contribution < -0.4 is 4.74 Å². The zero-order valence-electron chi connectivity index (χ0n) is 46.1. The topological polar surface area (TPSA) is 36.9 Å². The van der Waals surface area contributed by atoms with E-state index in [9.17, 15) is 0 Å². The average Bonchev–Trinajstić information content (AvgIpc) is 3.82. The van der Waals surface area contributed by atoms with Crippen LogP contribution in [0.2, 0.25) is 0 Å². The van der Waals surface area contributed by atoms with Crippen molar-refractivity contribution < 1.29 is 29.6 Å². The molecule has 0 aliphatic heterocycles. The number of para-hydroxylation sites is 4. The number of benzene rings is 7. The molecule has 7 aromatic carbocycles. The van der Waals surface area contributed by atoms with Crippen molar-refractivity contribution in [3.63, 3.8) is 0 Å². The Bertz CT molecular complexity index is 3930. The number of hydrogen-bond acceptors (Lipinski definition) is 2. The molecule has 0 saturated carbocycles. The first kappa shape index (κ1) is 42.2. The van der Waals surface area contributed by atoms with Crippen LogP contribution in [0.1, 0.15) is 121 Å². The molecule has 1 unspecified atom stereocenters. The van der Waals surface area contributed by atoms with Gasteiger partial charge in [0, 0.05) is 6.20 Å². The molecule has 11 rings (SSSR count). The van der Waals surface area contributed by atoms with Gasteiger partial charge in [-0.25, -0.2) is 4.98 Å². The van der Waals surface area contributed by atoms with Crippen molar-refractivity contribution in [1.29, 1.82) is 0 Å². The summed E-state index contributed by atoms with van der Waals surface area (Å²) in [6, 6.07) is 51.9. The monoisotopic (exact) mass is 1110 g/mol. The smallest absolute Gasteiger partial charge is 0.239 e. The van der Waals surface area contributed by atoms with Gasteiger partial charge in [0.15, 0.2) is 0 Å². The second-order valence-corrected chi connectivity index (χ2v) is 23.2. The number of rotatable bonds is 7. The maximum atomic E-state index is 9.13. The van der Waals surface area contributed by atoms with Gasteiger partial charge in [-0.2, -0.15) is 0 Å². The second-order valence-electron chi connectivity index (χ2n) is 22.2. The summed E-state index contributed by atoms with van der Waals surface area (Å²) in [6.07, 6.45) is 5.70. The molecule has 1 atom stereocenters. The van der Waals surface area contributed by atoms with Crippen molar-refractivity contribution in [3.8, 4) is 45.3 Å². The van der Waals surface area contributed by atoms with Gasteiger partial charge < -0.3 is 0 Å². The van der Waals surface area contributed by atoms with Crippen LogP contribution in [-0.2, 0) is 42.0 Å². The van der Waals surface area contributed by atoms with Crippen LogP contribution in [0.4, 0.5) is 0 Å². The van der Waals surface area contributed by atoms with E-state index in [0.29, 0.717) is 39.1 Å². The Morgan fingerprint density at radius 1 is 0.606 bits per heavy atom. The molecule has 1 aliphatic carbocycles. The Kier molecular flexibility index (Phi) is 10.7. The summed E-state index contributed by atoms with van der Waals surface area (Å²) in [7, 11) is 0. The molecule has 0 saturated heterocycles. The van der Waals surface area contributed by atoms with Gasteiger partial charge in [-0.15, -0.1) is 0 Å². The van der Waals surface area contributed by atoms with Gasteiger partial charge >= 0.3 is 353 Å². The quantitative estimate of drug-likeness (QED) is 0.118. The first-order valence-electron chi connectivity index (χ1n) is 26.9. The van der Waals surface area contributed by atoms with Gasteiger partial charge in [0.25, 0.3) is 0 Å². The molecule has 3 aromatic heterocycles. The Labute approximate surface area is 435 Å². The Morgan fingerprint density at radius 3 is 2.00 bits per heavy atom. The predicted octanol–water partition coefficient (Wildman–Crippen LogP) is 16.9. The number of imidazole rings is 1. The van der Waals surface area contributed by atoms with Crippen LogP contribution in [0.25, 0.3) is 66.6 Å². The molecular formula is C65H62N4OPt-2. The summed E-state index contributed by atoms with van der Waals surface area (Å²) in [6.45, 7) is 20.2.